The number of hydrogen-bond acceptors (Lipinski definition) is 2. The van der Waals surface area contributed by atoms with Crippen LogP contribution in [-0.4, -0.2) is 24.6 Å². The second kappa shape index (κ2) is 11.8. The van der Waals surface area contributed by atoms with Crippen LogP contribution in [0.25, 0.3) is 22.4 Å². The second-order valence-electron chi connectivity index (χ2n) is 9.78. The van der Waals surface area contributed by atoms with Crippen LogP contribution in [0.1, 0.15) is 16.8 Å². The fourth-order valence-electron chi connectivity index (χ4n) is 5.19. The highest BCUT2D eigenvalue weighted by atomic mass is 35.5. The number of fused-ring (bicyclic) bond motifs is 1. The van der Waals surface area contributed by atoms with Gasteiger partial charge in [-0.2, -0.15) is 0 Å². The van der Waals surface area contributed by atoms with E-state index in [1.165, 1.54) is 0 Å². The first-order chi connectivity index (χ1) is 20.4. The first-order valence-electron chi connectivity index (χ1n) is 13.3. The summed E-state index contributed by atoms with van der Waals surface area (Å²) in [5, 5.41) is 0.644. The van der Waals surface area contributed by atoms with Crippen LogP contribution < -0.4 is 4.90 Å². The summed E-state index contributed by atoms with van der Waals surface area (Å²) in [6.45, 7) is 0. The molecule has 0 amide bonds. The van der Waals surface area contributed by atoms with Gasteiger partial charge >= 0.3 is 7.40 Å². The SMILES string of the molecule is CN1C=C\C(=C/C=C/C(=C2/C=C(Cl)C(c3ccccc3)=N2)c2cc(Cl)c(-c3ccccc3)n2B(F)F)c2ccccc21. The predicted octanol–water partition coefficient (Wildman–Crippen LogP) is 9.52. The highest BCUT2D eigenvalue weighted by Gasteiger charge is 2.30. The van der Waals surface area contributed by atoms with E-state index in [4.69, 9.17) is 28.2 Å². The maximum Gasteiger partial charge on any atom is 0.678 e. The topological polar surface area (TPSA) is 20.5 Å². The molecule has 0 radical (unpaired) electrons. The standard InChI is InChI=1S/C34H24BCl2F2N3/c1-41-20-19-23(26-16-8-9-18-31(26)41)15-10-17-27(30-21-28(36)33(40-30)24-11-4-2-5-12-24)32-22-29(37)34(42(32)35(38)39)25-13-6-3-7-14-25/h2-22H,1H3/b17-10+,23-15+,30-27+. The number of benzene rings is 3. The first-order valence-corrected chi connectivity index (χ1v) is 14.1. The van der Waals surface area contributed by atoms with E-state index in [1.54, 1.807) is 42.5 Å². The minimum absolute atomic E-state index is 0.217. The van der Waals surface area contributed by atoms with Gasteiger partial charge in [-0.3, -0.25) is 8.63 Å². The molecular formula is C34H24BCl2F2N3. The third-order valence-electron chi connectivity index (χ3n) is 7.16. The van der Waals surface area contributed by atoms with Gasteiger partial charge in [-0.25, -0.2) is 4.99 Å². The molecule has 3 aromatic carbocycles. The van der Waals surface area contributed by atoms with E-state index in [0.717, 1.165) is 26.9 Å². The van der Waals surface area contributed by atoms with E-state index in [2.05, 4.69) is 17.0 Å². The van der Waals surface area contributed by atoms with Crippen molar-refractivity contribution in [3.8, 4) is 11.3 Å². The summed E-state index contributed by atoms with van der Waals surface area (Å²) in [5.41, 5.74) is 6.53. The van der Waals surface area contributed by atoms with Crippen LogP contribution in [0.2, 0.25) is 5.02 Å². The van der Waals surface area contributed by atoms with Crippen LogP contribution in [0, 0.1) is 0 Å². The van der Waals surface area contributed by atoms with E-state index < -0.39 is 7.40 Å². The molecule has 0 saturated heterocycles. The summed E-state index contributed by atoms with van der Waals surface area (Å²) >= 11 is 13.3. The van der Waals surface area contributed by atoms with Gasteiger partial charge in [-0.15, -0.1) is 0 Å². The molecule has 42 heavy (non-hydrogen) atoms. The van der Waals surface area contributed by atoms with Gasteiger partial charge in [-0.05, 0) is 35.4 Å². The summed E-state index contributed by atoms with van der Waals surface area (Å²) < 4.78 is 30.6. The van der Waals surface area contributed by atoms with Gasteiger partial charge in [0.15, 0.2) is 0 Å². The molecule has 6 rings (SSSR count). The average Bonchev–Trinajstić information content (AvgIpc) is 3.57. The molecule has 0 unspecified atom stereocenters. The number of allylic oxidation sites excluding steroid dienone is 8. The maximum absolute atomic E-state index is 14.8. The van der Waals surface area contributed by atoms with Crippen molar-refractivity contribution in [2.45, 2.75) is 0 Å². The third-order valence-corrected chi connectivity index (χ3v) is 7.74. The van der Waals surface area contributed by atoms with Crippen LogP contribution in [0.4, 0.5) is 14.3 Å². The summed E-state index contributed by atoms with van der Waals surface area (Å²) in [5.74, 6) is 0. The molecule has 2 aliphatic rings. The number of hydrogen-bond donors (Lipinski definition) is 0. The average molecular weight is 594 g/mol. The maximum atomic E-state index is 14.8. The highest BCUT2D eigenvalue weighted by molar-refractivity contribution is 6.47. The summed E-state index contributed by atoms with van der Waals surface area (Å²) in [7, 11) is -0.859. The van der Waals surface area contributed by atoms with Gasteiger partial charge in [0.2, 0.25) is 0 Å². The lowest BCUT2D eigenvalue weighted by molar-refractivity contribution is 0.630. The molecule has 206 valence electrons. The van der Waals surface area contributed by atoms with Gasteiger partial charge in [0.05, 0.1) is 27.2 Å². The normalized spacial score (nSPS) is 16.6. The van der Waals surface area contributed by atoms with Crippen molar-refractivity contribution in [2.75, 3.05) is 11.9 Å². The van der Waals surface area contributed by atoms with Crippen molar-refractivity contribution >= 4 is 53.1 Å². The Bertz CT molecular complexity index is 1840. The van der Waals surface area contributed by atoms with Crippen molar-refractivity contribution < 1.29 is 8.63 Å². The Kier molecular flexibility index (Phi) is 7.83. The molecule has 0 aliphatic carbocycles. The van der Waals surface area contributed by atoms with Crippen LogP contribution in [0.15, 0.2) is 143 Å². The number of aliphatic imine (C=N–C) groups is 1. The Morgan fingerprint density at radius 3 is 2.26 bits per heavy atom. The minimum Gasteiger partial charge on any atom is -0.351 e. The zero-order chi connectivity index (χ0) is 29.2. The number of halogens is 4. The molecule has 0 fully saturated rings. The molecule has 0 atom stereocenters. The molecular weight excluding hydrogens is 570 g/mol. The van der Waals surface area contributed by atoms with Crippen molar-refractivity contribution in [1.82, 2.24) is 4.48 Å². The Labute approximate surface area is 253 Å². The smallest absolute Gasteiger partial charge is 0.351 e. The molecule has 0 bridgehead atoms. The van der Waals surface area contributed by atoms with Crippen molar-refractivity contribution in [1.29, 1.82) is 0 Å². The van der Waals surface area contributed by atoms with E-state index >= 15 is 0 Å². The molecule has 8 heteroatoms. The van der Waals surface area contributed by atoms with Crippen molar-refractivity contribution in [3.63, 3.8) is 0 Å². The molecule has 4 aromatic rings. The lowest BCUT2D eigenvalue weighted by atomic mass is 9.99. The van der Waals surface area contributed by atoms with Crippen molar-refractivity contribution in [2.24, 2.45) is 4.99 Å². The molecule has 0 spiro atoms. The van der Waals surface area contributed by atoms with Gasteiger partial charge < -0.3 is 9.38 Å². The summed E-state index contributed by atoms with van der Waals surface area (Å²) in [4.78, 5) is 6.87. The fourth-order valence-corrected chi connectivity index (χ4v) is 5.75. The largest absolute Gasteiger partial charge is 0.678 e. The zero-order valence-electron chi connectivity index (χ0n) is 22.6. The van der Waals surface area contributed by atoms with Crippen LogP contribution in [0.5, 0.6) is 0 Å². The molecule has 0 saturated carbocycles. The monoisotopic (exact) mass is 593 g/mol. The molecule has 3 heterocycles. The van der Waals surface area contributed by atoms with E-state index in [0.29, 0.717) is 27.6 Å². The predicted molar refractivity (Wildman–Crippen MR) is 173 cm³/mol. The number of para-hydroxylation sites is 1. The lowest BCUT2D eigenvalue weighted by Gasteiger charge is -2.23. The summed E-state index contributed by atoms with van der Waals surface area (Å²) in [6, 6.07) is 28.1. The lowest BCUT2D eigenvalue weighted by Crippen LogP contribution is -2.17. The Hall–Kier alpha value is -4.39. The Morgan fingerprint density at radius 1 is 0.881 bits per heavy atom. The number of nitrogens with zero attached hydrogens (tertiary/aromatic N) is 3. The quantitative estimate of drug-likeness (QED) is 0.204. The number of anilines is 1. The van der Waals surface area contributed by atoms with Gasteiger partial charge in [0.25, 0.3) is 0 Å². The molecule has 0 N–H and O–H groups in total. The van der Waals surface area contributed by atoms with Crippen molar-refractivity contribution in [3.05, 3.63) is 160 Å². The second-order valence-corrected chi connectivity index (χ2v) is 10.6. The van der Waals surface area contributed by atoms with Gasteiger partial charge in [-0.1, -0.05) is 120 Å². The summed E-state index contributed by atoms with van der Waals surface area (Å²) in [6.07, 6.45) is 11.3. The van der Waals surface area contributed by atoms with Crippen LogP contribution in [-0.2, 0) is 0 Å². The van der Waals surface area contributed by atoms with E-state index in [9.17, 15) is 8.63 Å². The van der Waals surface area contributed by atoms with E-state index in [1.807, 2.05) is 80.0 Å². The fraction of sp³-hybridized carbons (Fsp3) is 0.0294. The van der Waals surface area contributed by atoms with Gasteiger partial charge in [0, 0.05) is 41.3 Å². The number of rotatable bonds is 6. The molecule has 2 aliphatic heterocycles. The highest BCUT2D eigenvalue weighted by Crippen LogP contribution is 2.39. The Morgan fingerprint density at radius 2 is 1.55 bits per heavy atom. The Balaban J connectivity index is 1.53. The molecule has 1 aromatic heterocycles. The van der Waals surface area contributed by atoms with Gasteiger partial charge in [0.1, 0.15) is 0 Å². The third kappa shape index (κ3) is 5.31. The minimum atomic E-state index is -2.85. The zero-order valence-corrected chi connectivity index (χ0v) is 24.1. The van der Waals surface area contributed by atoms with Crippen LogP contribution in [0.3, 0.4) is 0 Å². The first kappa shape index (κ1) is 27.8. The van der Waals surface area contributed by atoms with E-state index in [-0.39, 0.29) is 16.4 Å². The molecule has 3 nitrogen and oxygen atoms in total. The number of aromatic nitrogens is 1. The van der Waals surface area contributed by atoms with Crippen LogP contribution >= 0.6 is 23.2 Å².